The lowest BCUT2D eigenvalue weighted by Gasteiger charge is -2.23. The average molecular weight is 407 g/mol. The number of fused-ring (bicyclic) bond motifs is 1. The molecule has 1 N–H and O–H groups in total. The number of H-pyrrole nitrogens is 1. The van der Waals surface area contributed by atoms with Gasteiger partial charge in [0.25, 0.3) is 10.0 Å². The molecule has 1 aromatic heterocycles. The van der Waals surface area contributed by atoms with Gasteiger partial charge in [0.1, 0.15) is 0 Å². The van der Waals surface area contributed by atoms with Crippen LogP contribution >= 0.6 is 0 Å². The highest BCUT2D eigenvalue weighted by atomic mass is 32.2. The van der Waals surface area contributed by atoms with E-state index in [2.05, 4.69) is 29.9 Å². The topological polar surface area (TPSA) is 53.2 Å². The minimum atomic E-state index is -3.59. The number of nitrogens with one attached hydrogen (secondary N) is 1. The van der Waals surface area contributed by atoms with Crippen molar-refractivity contribution in [1.29, 1.82) is 0 Å². The summed E-state index contributed by atoms with van der Waals surface area (Å²) in [6.45, 7) is 5.87. The van der Waals surface area contributed by atoms with Gasteiger partial charge in [-0.25, -0.2) is 8.42 Å². The van der Waals surface area contributed by atoms with Crippen LogP contribution in [0.2, 0.25) is 0 Å². The van der Waals surface area contributed by atoms with Crippen molar-refractivity contribution in [2.75, 3.05) is 7.05 Å². The number of sulfonamides is 1. The van der Waals surface area contributed by atoms with Gasteiger partial charge in [-0.1, -0.05) is 42.0 Å². The first-order valence-corrected chi connectivity index (χ1v) is 11.3. The Bertz CT molecular complexity index is 1190. The predicted molar refractivity (Wildman–Crippen MR) is 118 cm³/mol. The minimum Gasteiger partial charge on any atom is -0.361 e. The number of hydrogen-bond donors (Lipinski definition) is 1. The standard InChI is InChI=1S/C24H26N2O2S/c1-4-7-21-19(22-16-25-23-9-6-5-8-20(22)23)14-15-24(21)26(3)29(27,28)18-12-10-17(2)11-13-18/h4-6,8-13,16,19,25H,1,7,14-15H2,2-3H3/t19-/m1/s1. The van der Waals surface area contributed by atoms with E-state index in [0.29, 0.717) is 11.3 Å². The summed E-state index contributed by atoms with van der Waals surface area (Å²) in [6, 6.07) is 15.3. The Kier molecular flexibility index (Phi) is 5.09. The number of para-hydroxylation sites is 1. The third-order valence-electron chi connectivity index (χ3n) is 5.88. The largest absolute Gasteiger partial charge is 0.361 e. The quantitative estimate of drug-likeness (QED) is 0.549. The van der Waals surface area contributed by atoms with Crippen LogP contribution in [0.1, 0.15) is 36.3 Å². The van der Waals surface area contributed by atoms with Crippen molar-refractivity contribution in [3.05, 3.63) is 89.8 Å². The summed E-state index contributed by atoms with van der Waals surface area (Å²) < 4.78 is 28.0. The molecule has 1 aliphatic rings. The number of rotatable bonds is 6. The van der Waals surface area contributed by atoms with Crippen LogP contribution in [-0.2, 0) is 10.0 Å². The summed E-state index contributed by atoms with van der Waals surface area (Å²) >= 11 is 0. The van der Waals surface area contributed by atoms with Gasteiger partial charge in [0, 0.05) is 35.8 Å². The normalized spacial score (nSPS) is 17.1. The molecule has 5 heteroatoms. The Morgan fingerprint density at radius 2 is 1.90 bits per heavy atom. The molecule has 4 rings (SSSR count). The summed E-state index contributed by atoms with van der Waals surface area (Å²) in [6.07, 6.45) is 6.24. The number of aromatic amines is 1. The second kappa shape index (κ2) is 7.56. The SMILES string of the molecule is C=CCC1=C(N(C)S(=O)(=O)c2ccc(C)cc2)CC[C@H]1c1c[nH]c2ccccc12. The lowest BCUT2D eigenvalue weighted by atomic mass is 9.90. The minimum absolute atomic E-state index is 0.190. The van der Waals surface area contributed by atoms with E-state index in [1.54, 1.807) is 19.2 Å². The second-order valence-corrected chi connectivity index (χ2v) is 9.60. The fraction of sp³-hybridized carbons (Fsp3) is 0.250. The van der Waals surface area contributed by atoms with Gasteiger partial charge in [-0.3, -0.25) is 4.31 Å². The Morgan fingerprint density at radius 3 is 2.62 bits per heavy atom. The Hall–Kier alpha value is -2.79. The summed E-state index contributed by atoms with van der Waals surface area (Å²) in [5, 5.41) is 1.20. The number of nitrogens with zero attached hydrogens (tertiary/aromatic N) is 1. The van der Waals surface area contributed by atoms with Crippen LogP contribution in [0.4, 0.5) is 0 Å². The van der Waals surface area contributed by atoms with Crippen LogP contribution in [0.5, 0.6) is 0 Å². The maximum absolute atomic E-state index is 13.2. The summed E-state index contributed by atoms with van der Waals surface area (Å²) in [4.78, 5) is 3.68. The molecule has 150 valence electrons. The summed E-state index contributed by atoms with van der Waals surface area (Å²) in [5.74, 6) is 0.190. The summed E-state index contributed by atoms with van der Waals surface area (Å²) in [5.41, 5.74) is 5.41. The van der Waals surface area contributed by atoms with Gasteiger partial charge in [-0.2, -0.15) is 0 Å². The molecule has 0 unspecified atom stereocenters. The summed E-state index contributed by atoms with van der Waals surface area (Å²) in [7, 11) is -1.92. The molecular formula is C24H26N2O2S. The van der Waals surface area contributed by atoms with Crippen molar-refractivity contribution in [3.63, 3.8) is 0 Å². The van der Waals surface area contributed by atoms with Gasteiger partial charge in [-0.15, -0.1) is 6.58 Å². The number of allylic oxidation sites excluding steroid dienone is 3. The molecule has 2 aromatic carbocycles. The molecular weight excluding hydrogens is 380 g/mol. The van der Waals surface area contributed by atoms with Crippen LogP contribution in [0.3, 0.4) is 0 Å². The molecule has 0 aliphatic heterocycles. The van der Waals surface area contributed by atoms with Gasteiger partial charge in [-0.05, 0) is 55.5 Å². The van der Waals surface area contributed by atoms with Crippen molar-refractivity contribution in [1.82, 2.24) is 9.29 Å². The van der Waals surface area contributed by atoms with E-state index in [9.17, 15) is 8.42 Å². The van der Waals surface area contributed by atoms with Crippen LogP contribution in [0.15, 0.2) is 83.5 Å². The zero-order chi connectivity index (χ0) is 20.6. The third kappa shape index (κ3) is 3.40. The highest BCUT2D eigenvalue weighted by Gasteiger charge is 2.33. The highest BCUT2D eigenvalue weighted by molar-refractivity contribution is 7.89. The van der Waals surface area contributed by atoms with E-state index in [4.69, 9.17) is 0 Å². The monoisotopic (exact) mass is 406 g/mol. The molecule has 0 saturated heterocycles. The number of hydrogen-bond acceptors (Lipinski definition) is 2. The second-order valence-electron chi connectivity index (χ2n) is 7.63. The van der Waals surface area contributed by atoms with Crippen LogP contribution < -0.4 is 0 Å². The first-order chi connectivity index (χ1) is 13.9. The molecule has 3 aromatic rings. The molecule has 0 amide bonds. The fourth-order valence-electron chi connectivity index (χ4n) is 4.33. The average Bonchev–Trinajstić information content (AvgIpc) is 3.32. The van der Waals surface area contributed by atoms with E-state index in [-0.39, 0.29) is 5.92 Å². The molecule has 0 bridgehead atoms. The predicted octanol–water partition coefficient (Wildman–Crippen LogP) is 5.50. The highest BCUT2D eigenvalue weighted by Crippen LogP contribution is 2.45. The third-order valence-corrected chi connectivity index (χ3v) is 7.69. The van der Waals surface area contributed by atoms with Crippen LogP contribution in [-0.4, -0.2) is 24.8 Å². The maximum atomic E-state index is 13.2. The first-order valence-electron chi connectivity index (χ1n) is 9.88. The molecule has 0 radical (unpaired) electrons. The maximum Gasteiger partial charge on any atom is 0.263 e. The van der Waals surface area contributed by atoms with E-state index < -0.39 is 10.0 Å². The smallest absolute Gasteiger partial charge is 0.263 e. The van der Waals surface area contributed by atoms with Crippen molar-refractivity contribution >= 4 is 20.9 Å². The zero-order valence-corrected chi connectivity index (χ0v) is 17.7. The number of aryl methyl sites for hydroxylation is 1. The van der Waals surface area contributed by atoms with Gasteiger partial charge in [0.15, 0.2) is 0 Å². The molecule has 4 nitrogen and oxygen atoms in total. The van der Waals surface area contributed by atoms with Crippen molar-refractivity contribution < 1.29 is 8.42 Å². The van der Waals surface area contributed by atoms with E-state index in [1.165, 1.54) is 15.3 Å². The Balaban J connectivity index is 1.76. The molecule has 1 heterocycles. The molecule has 0 fully saturated rings. The van der Waals surface area contributed by atoms with Crippen molar-refractivity contribution in [2.45, 2.75) is 37.0 Å². The van der Waals surface area contributed by atoms with Crippen LogP contribution in [0.25, 0.3) is 10.9 Å². The van der Waals surface area contributed by atoms with E-state index >= 15 is 0 Å². The molecule has 29 heavy (non-hydrogen) atoms. The Morgan fingerprint density at radius 1 is 1.17 bits per heavy atom. The van der Waals surface area contributed by atoms with Gasteiger partial charge in [0.2, 0.25) is 0 Å². The lowest BCUT2D eigenvalue weighted by Crippen LogP contribution is -2.26. The molecule has 0 spiro atoms. The number of aromatic nitrogens is 1. The van der Waals surface area contributed by atoms with Gasteiger partial charge in [0.05, 0.1) is 4.90 Å². The van der Waals surface area contributed by atoms with Crippen molar-refractivity contribution in [2.24, 2.45) is 0 Å². The molecule has 0 saturated carbocycles. The lowest BCUT2D eigenvalue weighted by molar-refractivity contribution is 0.514. The zero-order valence-electron chi connectivity index (χ0n) is 16.9. The Labute approximate surface area is 172 Å². The fourth-order valence-corrected chi connectivity index (χ4v) is 5.63. The van der Waals surface area contributed by atoms with E-state index in [1.807, 2.05) is 37.3 Å². The molecule has 1 atom stereocenters. The number of benzene rings is 2. The van der Waals surface area contributed by atoms with Gasteiger partial charge < -0.3 is 4.98 Å². The van der Waals surface area contributed by atoms with Gasteiger partial charge >= 0.3 is 0 Å². The first kappa shape index (κ1) is 19.5. The van der Waals surface area contributed by atoms with Crippen molar-refractivity contribution in [3.8, 4) is 0 Å². The van der Waals surface area contributed by atoms with E-state index in [0.717, 1.165) is 35.2 Å². The van der Waals surface area contributed by atoms with Crippen LogP contribution in [0, 0.1) is 6.92 Å². The molecule has 1 aliphatic carbocycles.